The van der Waals surface area contributed by atoms with Crippen LogP contribution in [0.2, 0.25) is 0 Å². The van der Waals surface area contributed by atoms with Crippen molar-refractivity contribution in [1.29, 1.82) is 0 Å². The summed E-state index contributed by atoms with van der Waals surface area (Å²) < 4.78 is 1.56. The molecule has 6 nitrogen and oxygen atoms in total. The first kappa shape index (κ1) is 15.0. The molecule has 1 amide bonds. The number of rotatable bonds is 4. The second-order valence-electron chi connectivity index (χ2n) is 5.65. The summed E-state index contributed by atoms with van der Waals surface area (Å²) in [6, 6.07) is 17.7. The number of hydrogen-bond donors (Lipinski definition) is 1. The summed E-state index contributed by atoms with van der Waals surface area (Å²) in [5.41, 5.74) is 1.62. The van der Waals surface area contributed by atoms with Crippen LogP contribution in [0.3, 0.4) is 0 Å². The van der Waals surface area contributed by atoms with E-state index in [9.17, 15) is 4.79 Å². The van der Waals surface area contributed by atoms with Gasteiger partial charge in [0.05, 0.1) is 18.3 Å². The molecular weight excluding hydrogens is 314 g/mol. The second-order valence-corrected chi connectivity index (χ2v) is 5.65. The van der Waals surface area contributed by atoms with Gasteiger partial charge in [0.15, 0.2) is 5.82 Å². The molecule has 0 saturated heterocycles. The first-order chi connectivity index (χ1) is 12.3. The van der Waals surface area contributed by atoms with Crippen molar-refractivity contribution in [3.63, 3.8) is 0 Å². The number of amides is 1. The van der Waals surface area contributed by atoms with Gasteiger partial charge >= 0.3 is 0 Å². The predicted octanol–water partition coefficient (Wildman–Crippen LogP) is 3.00. The summed E-state index contributed by atoms with van der Waals surface area (Å²) in [4.78, 5) is 20.4. The molecule has 2 aromatic carbocycles. The number of aromatic nitrogens is 4. The van der Waals surface area contributed by atoms with Gasteiger partial charge in [0.1, 0.15) is 12.7 Å². The molecule has 0 unspecified atom stereocenters. The van der Waals surface area contributed by atoms with Gasteiger partial charge in [-0.1, -0.05) is 42.5 Å². The first-order valence-corrected chi connectivity index (χ1v) is 7.86. The van der Waals surface area contributed by atoms with Gasteiger partial charge in [0.2, 0.25) is 5.91 Å². The molecule has 6 heteroatoms. The number of benzene rings is 2. The van der Waals surface area contributed by atoms with Crippen molar-refractivity contribution >= 4 is 22.4 Å². The third-order valence-corrected chi connectivity index (χ3v) is 3.86. The van der Waals surface area contributed by atoms with E-state index < -0.39 is 0 Å². The van der Waals surface area contributed by atoms with Crippen molar-refractivity contribution in [2.45, 2.75) is 6.42 Å². The SMILES string of the molecule is O=C(Cc1ccc2ccccc2c1)Nc1ccc(-n2cncn2)nc1. The van der Waals surface area contributed by atoms with E-state index >= 15 is 0 Å². The van der Waals surface area contributed by atoms with Crippen LogP contribution in [0.4, 0.5) is 5.69 Å². The highest BCUT2D eigenvalue weighted by Gasteiger charge is 2.06. The van der Waals surface area contributed by atoms with E-state index in [1.807, 2.05) is 36.4 Å². The lowest BCUT2D eigenvalue weighted by Crippen LogP contribution is -2.14. The Kier molecular flexibility index (Phi) is 3.92. The molecule has 2 aromatic heterocycles. The van der Waals surface area contributed by atoms with Crippen molar-refractivity contribution in [3.8, 4) is 5.82 Å². The summed E-state index contributed by atoms with van der Waals surface area (Å²) in [7, 11) is 0. The van der Waals surface area contributed by atoms with Crippen LogP contribution in [0.5, 0.6) is 0 Å². The molecule has 0 bridgehead atoms. The van der Waals surface area contributed by atoms with Gasteiger partial charge < -0.3 is 5.32 Å². The molecule has 0 aliphatic rings. The third kappa shape index (κ3) is 3.37. The normalized spacial score (nSPS) is 10.7. The number of fused-ring (bicyclic) bond motifs is 1. The van der Waals surface area contributed by atoms with Crippen molar-refractivity contribution in [2.24, 2.45) is 0 Å². The van der Waals surface area contributed by atoms with E-state index in [4.69, 9.17) is 0 Å². The lowest BCUT2D eigenvalue weighted by atomic mass is 10.0. The number of carbonyl (C=O) groups is 1. The van der Waals surface area contributed by atoms with Gasteiger partial charge in [-0.25, -0.2) is 14.6 Å². The summed E-state index contributed by atoms with van der Waals surface area (Å²) in [6.45, 7) is 0. The number of pyridine rings is 1. The maximum absolute atomic E-state index is 12.3. The molecule has 0 aliphatic carbocycles. The van der Waals surface area contributed by atoms with Crippen molar-refractivity contribution < 1.29 is 4.79 Å². The molecule has 0 saturated carbocycles. The molecule has 0 aliphatic heterocycles. The highest BCUT2D eigenvalue weighted by atomic mass is 16.1. The lowest BCUT2D eigenvalue weighted by molar-refractivity contribution is -0.115. The van der Waals surface area contributed by atoms with Crippen LogP contribution in [0, 0.1) is 0 Å². The van der Waals surface area contributed by atoms with E-state index in [1.165, 1.54) is 11.7 Å². The Morgan fingerprint density at radius 1 is 1.04 bits per heavy atom. The number of nitrogens with zero attached hydrogens (tertiary/aromatic N) is 4. The van der Waals surface area contributed by atoms with Gasteiger partial charge in [0, 0.05) is 0 Å². The Labute approximate surface area is 144 Å². The Balaban J connectivity index is 1.44. The average molecular weight is 329 g/mol. The number of anilines is 1. The van der Waals surface area contributed by atoms with Gasteiger partial charge in [-0.2, -0.15) is 5.10 Å². The molecule has 122 valence electrons. The smallest absolute Gasteiger partial charge is 0.228 e. The Morgan fingerprint density at radius 2 is 1.92 bits per heavy atom. The molecular formula is C19H15N5O. The van der Waals surface area contributed by atoms with E-state index in [2.05, 4.69) is 26.4 Å². The van der Waals surface area contributed by atoms with E-state index in [0.717, 1.165) is 10.9 Å². The van der Waals surface area contributed by atoms with Crippen LogP contribution in [-0.2, 0) is 11.2 Å². The molecule has 4 rings (SSSR count). The Bertz CT molecular complexity index is 1010. The minimum absolute atomic E-state index is 0.0782. The van der Waals surface area contributed by atoms with Crippen LogP contribution in [0.25, 0.3) is 16.6 Å². The molecule has 0 radical (unpaired) electrons. The minimum atomic E-state index is -0.0782. The van der Waals surface area contributed by atoms with Crippen molar-refractivity contribution in [3.05, 3.63) is 79.0 Å². The monoisotopic (exact) mass is 329 g/mol. The molecule has 2 heterocycles. The summed E-state index contributed by atoms with van der Waals surface area (Å²) in [5, 5.41) is 9.18. The van der Waals surface area contributed by atoms with Crippen LogP contribution < -0.4 is 5.32 Å². The molecule has 1 N–H and O–H groups in total. The highest BCUT2D eigenvalue weighted by Crippen LogP contribution is 2.16. The number of nitrogens with one attached hydrogen (secondary N) is 1. The minimum Gasteiger partial charge on any atom is -0.324 e. The van der Waals surface area contributed by atoms with E-state index in [0.29, 0.717) is 17.9 Å². The zero-order valence-electron chi connectivity index (χ0n) is 13.3. The maximum atomic E-state index is 12.3. The number of hydrogen-bond acceptors (Lipinski definition) is 4. The third-order valence-electron chi connectivity index (χ3n) is 3.86. The van der Waals surface area contributed by atoms with Crippen LogP contribution in [0.15, 0.2) is 73.4 Å². The van der Waals surface area contributed by atoms with Crippen molar-refractivity contribution in [2.75, 3.05) is 5.32 Å². The molecule has 0 spiro atoms. The quantitative estimate of drug-likeness (QED) is 0.625. The molecule has 4 aromatic rings. The Hall–Kier alpha value is -3.54. The lowest BCUT2D eigenvalue weighted by Gasteiger charge is -2.07. The number of carbonyl (C=O) groups excluding carboxylic acids is 1. The highest BCUT2D eigenvalue weighted by molar-refractivity contribution is 5.93. The fourth-order valence-corrected chi connectivity index (χ4v) is 2.66. The topological polar surface area (TPSA) is 72.7 Å². The molecule has 0 atom stereocenters. The van der Waals surface area contributed by atoms with Crippen LogP contribution in [-0.4, -0.2) is 25.7 Å². The Morgan fingerprint density at radius 3 is 2.68 bits per heavy atom. The largest absolute Gasteiger partial charge is 0.324 e. The standard InChI is InChI=1S/C19H15N5O/c25-19(10-14-5-6-15-3-1-2-4-16(15)9-14)23-17-7-8-18(21-11-17)24-13-20-12-22-24/h1-9,11-13H,10H2,(H,23,25). The van der Waals surface area contributed by atoms with Gasteiger partial charge in [-0.05, 0) is 28.5 Å². The zero-order chi connectivity index (χ0) is 17.1. The fourth-order valence-electron chi connectivity index (χ4n) is 2.66. The zero-order valence-corrected chi connectivity index (χ0v) is 13.3. The van der Waals surface area contributed by atoms with E-state index in [1.54, 1.807) is 29.3 Å². The van der Waals surface area contributed by atoms with Crippen LogP contribution >= 0.6 is 0 Å². The summed E-state index contributed by atoms with van der Waals surface area (Å²) in [6.07, 6.45) is 4.94. The van der Waals surface area contributed by atoms with Crippen LogP contribution in [0.1, 0.15) is 5.56 Å². The summed E-state index contributed by atoms with van der Waals surface area (Å²) in [5.74, 6) is 0.565. The van der Waals surface area contributed by atoms with Gasteiger partial charge in [0.25, 0.3) is 0 Å². The predicted molar refractivity (Wildman–Crippen MR) is 95.4 cm³/mol. The first-order valence-electron chi connectivity index (χ1n) is 7.86. The van der Waals surface area contributed by atoms with E-state index in [-0.39, 0.29) is 5.91 Å². The second kappa shape index (κ2) is 6.52. The summed E-state index contributed by atoms with van der Waals surface area (Å²) >= 11 is 0. The van der Waals surface area contributed by atoms with Gasteiger partial charge in [-0.3, -0.25) is 4.79 Å². The van der Waals surface area contributed by atoms with Gasteiger partial charge in [-0.15, -0.1) is 0 Å². The fraction of sp³-hybridized carbons (Fsp3) is 0.0526. The van der Waals surface area contributed by atoms with Crippen molar-refractivity contribution in [1.82, 2.24) is 19.7 Å². The molecule has 0 fully saturated rings. The maximum Gasteiger partial charge on any atom is 0.228 e. The average Bonchev–Trinajstić information content (AvgIpc) is 3.17. The molecule has 25 heavy (non-hydrogen) atoms.